The molecule has 0 unspecified atom stereocenters. The maximum atomic E-state index is 5.49. The van der Waals surface area contributed by atoms with Gasteiger partial charge in [0.2, 0.25) is 0 Å². The number of rotatable bonds is 2. The molecule has 1 aliphatic heterocycles. The third-order valence-corrected chi connectivity index (χ3v) is 3.09. The summed E-state index contributed by atoms with van der Waals surface area (Å²) in [7, 11) is 0. The smallest absolute Gasteiger partial charge is 0.184 e. The van der Waals surface area contributed by atoms with Gasteiger partial charge in [-0.2, -0.15) is 0 Å². The molecule has 0 N–H and O–H groups in total. The molecule has 3 heteroatoms. The van der Waals surface area contributed by atoms with E-state index in [0.717, 1.165) is 5.56 Å². The van der Waals surface area contributed by atoms with Crippen LogP contribution in [0.2, 0.25) is 0 Å². The van der Waals surface area contributed by atoms with E-state index in [1.165, 1.54) is 10.5 Å². The molecule has 76 valence electrons. The van der Waals surface area contributed by atoms with Gasteiger partial charge in [-0.05, 0) is 30.9 Å². The molecular weight excluding hydrogens is 196 g/mol. The molecule has 1 aliphatic rings. The van der Waals surface area contributed by atoms with Gasteiger partial charge in [-0.15, -0.1) is 11.8 Å². The number of hydrogen-bond donors (Lipinski definition) is 0. The largest absolute Gasteiger partial charge is 0.346 e. The zero-order valence-corrected chi connectivity index (χ0v) is 9.26. The molecule has 0 radical (unpaired) electrons. The molecule has 2 nitrogen and oxygen atoms in total. The topological polar surface area (TPSA) is 18.5 Å². The Morgan fingerprint density at radius 3 is 2.64 bits per heavy atom. The monoisotopic (exact) mass is 210 g/mol. The predicted molar refractivity (Wildman–Crippen MR) is 57.6 cm³/mol. The highest BCUT2D eigenvalue weighted by molar-refractivity contribution is 7.98. The molecule has 14 heavy (non-hydrogen) atoms. The van der Waals surface area contributed by atoms with Gasteiger partial charge in [0.1, 0.15) is 0 Å². The van der Waals surface area contributed by atoms with Crippen LogP contribution in [0.5, 0.6) is 0 Å². The molecule has 1 aromatic rings. The standard InChI is InChI=1S/C11H14O2S/c1-8-3-4-9(14-2)7-10(8)11-12-5-6-13-11/h3-4,7,11H,5-6H2,1-2H3. The van der Waals surface area contributed by atoms with E-state index in [-0.39, 0.29) is 6.29 Å². The minimum Gasteiger partial charge on any atom is -0.346 e. The van der Waals surface area contributed by atoms with Crippen molar-refractivity contribution in [1.82, 2.24) is 0 Å². The molecule has 0 spiro atoms. The minimum absolute atomic E-state index is 0.151. The highest BCUT2D eigenvalue weighted by Gasteiger charge is 2.20. The Morgan fingerprint density at radius 2 is 2.00 bits per heavy atom. The first-order valence-electron chi connectivity index (χ1n) is 4.69. The van der Waals surface area contributed by atoms with E-state index < -0.39 is 0 Å². The molecule has 1 saturated heterocycles. The van der Waals surface area contributed by atoms with Gasteiger partial charge in [0.15, 0.2) is 6.29 Å². The van der Waals surface area contributed by atoms with Crippen molar-refractivity contribution in [3.05, 3.63) is 29.3 Å². The second-order valence-electron chi connectivity index (χ2n) is 3.30. The van der Waals surface area contributed by atoms with Gasteiger partial charge in [-0.25, -0.2) is 0 Å². The van der Waals surface area contributed by atoms with Crippen LogP contribution < -0.4 is 0 Å². The van der Waals surface area contributed by atoms with E-state index in [2.05, 4.69) is 31.4 Å². The lowest BCUT2D eigenvalue weighted by Gasteiger charge is -2.13. The van der Waals surface area contributed by atoms with Crippen molar-refractivity contribution in [2.45, 2.75) is 18.1 Å². The van der Waals surface area contributed by atoms with Crippen LogP contribution >= 0.6 is 11.8 Å². The van der Waals surface area contributed by atoms with Gasteiger partial charge >= 0.3 is 0 Å². The van der Waals surface area contributed by atoms with Crippen molar-refractivity contribution in [3.8, 4) is 0 Å². The van der Waals surface area contributed by atoms with Crippen LogP contribution in [0.1, 0.15) is 17.4 Å². The van der Waals surface area contributed by atoms with E-state index in [1.54, 1.807) is 11.8 Å². The van der Waals surface area contributed by atoms with Crippen molar-refractivity contribution >= 4 is 11.8 Å². The number of benzene rings is 1. The van der Waals surface area contributed by atoms with E-state index in [1.807, 2.05) is 0 Å². The molecule has 0 aliphatic carbocycles. The molecule has 2 rings (SSSR count). The van der Waals surface area contributed by atoms with Gasteiger partial charge in [0.25, 0.3) is 0 Å². The molecule has 0 bridgehead atoms. The fraction of sp³-hybridized carbons (Fsp3) is 0.455. The quantitative estimate of drug-likeness (QED) is 0.699. The second kappa shape index (κ2) is 4.34. The molecule has 1 aromatic carbocycles. The van der Waals surface area contributed by atoms with Crippen molar-refractivity contribution in [2.75, 3.05) is 19.5 Å². The predicted octanol–water partition coefficient (Wildman–Crippen LogP) is 2.76. The van der Waals surface area contributed by atoms with Crippen molar-refractivity contribution in [3.63, 3.8) is 0 Å². The van der Waals surface area contributed by atoms with Crippen LogP contribution in [0.4, 0.5) is 0 Å². The number of thioether (sulfide) groups is 1. The summed E-state index contributed by atoms with van der Waals surface area (Å²) >= 11 is 1.74. The Labute approximate surface area is 88.6 Å². The Bertz CT molecular complexity index is 319. The SMILES string of the molecule is CSc1ccc(C)c(C2OCCO2)c1. The highest BCUT2D eigenvalue weighted by Crippen LogP contribution is 2.29. The van der Waals surface area contributed by atoms with Crippen LogP contribution in [0.15, 0.2) is 23.1 Å². The van der Waals surface area contributed by atoms with Crippen LogP contribution in [0.25, 0.3) is 0 Å². The molecule has 0 amide bonds. The van der Waals surface area contributed by atoms with Gasteiger partial charge < -0.3 is 9.47 Å². The van der Waals surface area contributed by atoms with Crippen LogP contribution in [-0.2, 0) is 9.47 Å². The maximum Gasteiger partial charge on any atom is 0.184 e. The van der Waals surface area contributed by atoms with Crippen molar-refractivity contribution < 1.29 is 9.47 Å². The maximum absolute atomic E-state index is 5.49. The molecule has 1 heterocycles. The van der Waals surface area contributed by atoms with Gasteiger partial charge in [-0.3, -0.25) is 0 Å². The van der Waals surface area contributed by atoms with E-state index in [9.17, 15) is 0 Å². The average Bonchev–Trinajstić information content (AvgIpc) is 2.71. The van der Waals surface area contributed by atoms with Gasteiger partial charge in [0, 0.05) is 10.5 Å². The fourth-order valence-electron chi connectivity index (χ4n) is 1.54. The number of ether oxygens (including phenoxy) is 2. The summed E-state index contributed by atoms with van der Waals surface area (Å²) in [5.74, 6) is 0. The summed E-state index contributed by atoms with van der Waals surface area (Å²) in [6.45, 7) is 3.49. The third-order valence-electron chi connectivity index (χ3n) is 2.36. The zero-order chi connectivity index (χ0) is 9.97. The van der Waals surface area contributed by atoms with Gasteiger partial charge in [-0.1, -0.05) is 6.07 Å². The van der Waals surface area contributed by atoms with E-state index >= 15 is 0 Å². The molecule has 0 atom stereocenters. The highest BCUT2D eigenvalue weighted by atomic mass is 32.2. The first-order chi connectivity index (χ1) is 6.81. The lowest BCUT2D eigenvalue weighted by molar-refractivity contribution is -0.0446. The fourth-order valence-corrected chi connectivity index (χ4v) is 1.99. The summed E-state index contributed by atoms with van der Waals surface area (Å²) in [6, 6.07) is 6.39. The second-order valence-corrected chi connectivity index (χ2v) is 4.18. The first-order valence-corrected chi connectivity index (χ1v) is 5.91. The summed E-state index contributed by atoms with van der Waals surface area (Å²) < 4.78 is 11.0. The van der Waals surface area contributed by atoms with Crippen LogP contribution in [0, 0.1) is 6.92 Å². The molecule has 0 aromatic heterocycles. The normalized spacial score (nSPS) is 17.6. The Hall–Kier alpha value is -0.510. The first kappa shape index (κ1) is 10.0. The Morgan fingerprint density at radius 1 is 1.29 bits per heavy atom. The van der Waals surface area contributed by atoms with Crippen LogP contribution in [0.3, 0.4) is 0 Å². The Kier molecular flexibility index (Phi) is 3.11. The van der Waals surface area contributed by atoms with E-state index in [4.69, 9.17) is 9.47 Å². The molecular formula is C11H14O2S. The van der Waals surface area contributed by atoms with E-state index in [0.29, 0.717) is 13.2 Å². The molecule has 0 saturated carbocycles. The van der Waals surface area contributed by atoms with Crippen molar-refractivity contribution in [2.24, 2.45) is 0 Å². The summed E-state index contributed by atoms with van der Waals surface area (Å²) in [6.07, 6.45) is 1.92. The summed E-state index contributed by atoms with van der Waals surface area (Å²) in [5.41, 5.74) is 2.39. The number of hydrogen-bond acceptors (Lipinski definition) is 3. The third kappa shape index (κ3) is 1.95. The number of aryl methyl sites for hydroxylation is 1. The lowest BCUT2D eigenvalue weighted by atomic mass is 10.1. The average molecular weight is 210 g/mol. The van der Waals surface area contributed by atoms with Gasteiger partial charge in [0.05, 0.1) is 13.2 Å². The Balaban J connectivity index is 2.29. The summed E-state index contributed by atoms with van der Waals surface area (Å²) in [5, 5.41) is 0. The minimum atomic E-state index is -0.151. The lowest BCUT2D eigenvalue weighted by Crippen LogP contribution is -2.00. The molecule has 1 fully saturated rings. The van der Waals surface area contributed by atoms with Crippen LogP contribution in [-0.4, -0.2) is 19.5 Å². The van der Waals surface area contributed by atoms with Crippen molar-refractivity contribution in [1.29, 1.82) is 0 Å². The zero-order valence-electron chi connectivity index (χ0n) is 8.45. The summed E-state index contributed by atoms with van der Waals surface area (Å²) in [4.78, 5) is 1.25.